The van der Waals surface area contributed by atoms with Crippen molar-refractivity contribution < 1.29 is 14.6 Å². The fraction of sp³-hybridized carbons (Fsp3) is 0.368. The van der Waals surface area contributed by atoms with Crippen LogP contribution in [0.4, 0.5) is 0 Å². The van der Waals surface area contributed by atoms with Crippen LogP contribution in [0.1, 0.15) is 28.8 Å². The molecule has 0 spiro atoms. The molecule has 2 aromatic rings. The van der Waals surface area contributed by atoms with Crippen LogP contribution in [-0.4, -0.2) is 28.2 Å². The molecule has 1 aromatic carbocycles. The van der Waals surface area contributed by atoms with E-state index in [2.05, 4.69) is 0 Å². The summed E-state index contributed by atoms with van der Waals surface area (Å²) in [5.41, 5.74) is 2.10. The molecule has 1 heterocycles. The quantitative estimate of drug-likeness (QED) is 0.767. The van der Waals surface area contributed by atoms with Crippen molar-refractivity contribution in [3.63, 3.8) is 0 Å². The van der Waals surface area contributed by atoms with Crippen LogP contribution in [-0.2, 0) is 6.54 Å². The van der Waals surface area contributed by atoms with Crippen molar-refractivity contribution >= 4 is 5.78 Å². The molecule has 1 fully saturated rings. The fourth-order valence-electron chi connectivity index (χ4n) is 2.56. The third-order valence-corrected chi connectivity index (χ3v) is 4.13. The molecule has 1 aliphatic carbocycles. The summed E-state index contributed by atoms with van der Waals surface area (Å²) in [5, 5.41) is 18.0. The van der Waals surface area contributed by atoms with Gasteiger partial charge in [-0.25, -0.2) is 0 Å². The van der Waals surface area contributed by atoms with Gasteiger partial charge < -0.3 is 14.4 Å². The summed E-state index contributed by atoms with van der Waals surface area (Å²) in [6.45, 7) is 2.37. The maximum Gasteiger partial charge on any atom is 0.165 e. The molecule has 5 heteroatoms. The summed E-state index contributed by atoms with van der Waals surface area (Å²) in [4.78, 5) is 11.9. The number of aliphatic hydroxyl groups excluding tert-OH is 1. The van der Waals surface area contributed by atoms with Gasteiger partial charge >= 0.3 is 0 Å². The lowest BCUT2D eigenvalue weighted by Crippen LogP contribution is -2.29. The van der Waals surface area contributed by atoms with Gasteiger partial charge in [0.15, 0.2) is 5.78 Å². The van der Waals surface area contributed by atoms with E-state index in [-0.39, 0.29) is 18.3 Å². The minimum atomic E-state index is -0.713. The minimum absolute atomic E-state index is 0.135. The van der Waals surface area contributed by atoms with Crippen molar-refractivity contribution in [2.45, 2.75) is 32.4 Å². The van der Waals surface area contributed by atoms with E-state index in [1.54, 1.807) is 41.1 Å². The van der Waals surface area contributed by atoms with Gasteiger partial charge in [-0.1, -0.05) is 0 Å². The first-order chi connectivity index (χ1) is 11.5. The molecule has 2 N–H and O–H groups in total. The molecule has 1 unspecified atom stereocenters. The highest BCUT2D eigenvalue weighted by Crippen LogP contribution is 2.32. The van der Waals surface area contributed by atoms with Crippen molar-refractivity contribution in [2.75, 3.05) is 6.61 Å². The maximum atomic E-state index is 11.9. The van der Waals surface area contributed by atoms with Gasteiger partial charge in [0.25, 0.3) is 0 Å². The van der Waals surface area contributed by atoms with E-state index in [0.29, 0.717) is 17.8 Å². The number of rotatable bonds is 7. The summed E-state index contributed by atoms with van der Waals surface area (Å²) in [7, 11) is 0. The smallest absolute Gasteiger partial charge is 0.165 e. The standard InChI is InChI=1S/C19H22N2O3/c1-13-8-9-21(18(20)10-13)11-16(22)12-24-17-6-4-15(5-7-17)19(23)14-2-3-14/h4-10,14,16,20,22H,2-3,11-12H2,1H3. The number of ketones is 1. The molecule has 1 aromatic heterocycles. The van der Waals surface area contributed by atoms with E-state index in [9.17, 15) is 9.90 Å². The second-order valence-corrected chi connectivity index (χ2v) is 6.37. The van der Waals surface area contributed by atoms with Gasteiger partial charge in [0, 0.05) is 17.7 Å². The summed E-state index contributed by atoms with van der Waals surface area (Å²) in [5.74, 6) is 1.05. The minimum Gasteiger partial charge on any atom is -0.491 e. The Balaban J connectivity index is 1.53. The lowest BCUT2D eigenvalue weighted by Gasteiger charge is -2.15. The lowest BCUT2D eigenvalue weighted by molar-refractivity contribution is 0.0910. The molecule has 126 valence electrons. The molecular weight excluding hydrogens is 304 g/mol. The Morgan fingerprint density at radius 2 is 2.04 bits per heavy atom. The highest BCUT2D eigenvalue weighted by molar-refractivity contribution is 5.99. The number of nitrogens with one attached hydrogen (secondary N) is 1. The van der Waals surface area contributed by atoms with Gasteiger partial charge in [-0.3, -0.25) is 10.2 Å². The summed E-state index contributed by atoms with van der Waals surface area (Å²) >= 11 is 0. The van der Waals surface area contributed by atoms with Crippen LogP contribution in [0, 0.1) is 18.3 Å². The Labute approximate surface area is 141 Å². The second-order valence-electron chi connectivity index (χ2n) is 6.37. The molecule has 0 radical (unpaired) electrons. The maximum absolute atomic E-state index is 11.9. The van der Waals surface area contributed by atoms with E-state index in [1.807, 2.05) is 13.0 Å². The molecule has 1 aliphatic rings. The number of carbonyl (C=O) groups excluding carboxylic acids is 1. The average molecular weight is 326 g/mol. The topological polar surface area (TPSA) is 75.3 Å². The first-order valence-corrected chi connectivity index (χ1v) is 8.20. The van der Waals surface area contributed by atoms with Crippen molar-refractivity contribution in [1.82, 2.24) is 4.57 Å². The van der Waals surface area contributed by atoms with E-state index in [1.165, 1.54) is 0 Å². The number of aryl methyl sites for hydroxylation is 1. The van der Waals surface area contributed by atoms with Crippen LogP contribution in [0.15, 0.2) is 42.6 Å². The van der Waals surface area contributed by atoms with Crippen molar-refractivity contribution in [2.24, 2.45) is 5.92 Å². The third-order valence-electron chi connectivity index (χ3n) is 4.13. The normalized spacial score (nSPS) is 15.1. The number of aliphatic hydroxyl groups is 1. The zero-order chi connectivity index (χ0) is 17.1. The van der Waals surface area contributed by atoms with Crippen LogP contribution in [0.25, 0.3) is 0 Å². The zero-order valence-corrected chi connectivity index (χ0v) is 13.7. The molecule has 0 bridgehead atoms. The molecule has 0 aliphatic heterocycles. The molecule has 1 atom stereocenters. The number of Topliss-reactive ketones (excluding diaryl/α,β-unsaturated/α-hetero) is 1. The van der Waals surface area contributed by atoms with Gasteiger partial charge in [-0.05, 0) is 61.7 Å². The molecule has 0 saturated heterocycles. The number of aromatic nitrogens is 1. The zero-order valence-electron chi connectivity index (χ0n) is 13.7. The second kappa shape index (κ2) is 7.01. The van der Waals surface area contributed by atoms with Crippen molar-refractivity contribution in [3.8, 4) is 5.75 Å². The fourth-order valence-corrected chi connectivity index (χ4v) is 2.56. The van der Waals surface area contributed by atoms with Gasteiger partial charge in [0.2, 0.25) is 0 Å². The molecular formula is C19H22N2O3. The number of benzene rings is 1. The van der Waals surface area contributed by atoms with Gasteiger partial charge in [0.1, 0.15) is 23.9 Å². The molecule has 1 saturated carbocycles. The number of hydrogen-bond donors (Lipinski definition) is 2. The number of nitrogens with zero attached hydrogens (tertiary/aromatic N) is 1. The third kappa shape index (κ3) is 4.11. The predicted molar refractivity (Wildman–Crippen MR) is 90.0 cm³/mol. The monoisotopic (exact) mass is 326 g/mol. The number of hydrogen-bond acceptors (Lipinski definition) is 4. The van der Waals surface area contributed by atoms with Crippen LogP contribution < -0.4 is 10.2 Å². The first kappa shape index (κ1) is 16.5. The van der Waals surface area contributed by atoms with Crippen LogP contribution in [0.5, 0.6) is 5.75 Å². The average Bonchev–Trinajstić information content (AvgIpc) is 3.40. The van der Waals surface area contributed by atoms with Gasteiger partial charge in [-0.15, -0.1) is 0 Å². The molecule has 24 heavy (non-hydrogen) atoms. The SMILES string of the molecule is Cc1ccn(CC(O)COc2ccc(C(=O)C3CC3)cc2)c(=N)c1. The predicted octanol–water partition coefficient (Wildman–Crippen LogP) is 2.31. The Kier molecular flexibility index (Phi) is 4.81. The first-order valence-electron chi connectivity index (χ1n) is 8.20. The summed E-state index contributed by atoms with van der Waals surface area (Å²) in [6.07, 6.45) is 3.07. The van der Waals surface area contributed by atoms with E-state index in [0.717, 1.165) is 24.0 Å². The van der Waals surface area contributed by atoms with E-state index < -0.39 is 6.10 Å². The Bertz CT molecular complexity index is 776. The highest BCUT2D eigenvalue weighted by atomic mass is 16.5. The lowest BCUT2D eigenvalue weighted by atomic mass is 10.1. The van der Waals surface area contributed by atoms with E-state index in [4.69, 9.17) is 10.1 Å². The molecule has 5 nitrogen and oxygen atoms in total. The number of carbonyl (C=O) groups is 1. The number of pyridine rings is 1. The highest BCUT2D eigenvalue weighted by Gasteiger charge is 2.30. The summed E-state index contributed by atoms with van der Waals surface area (Å²) < 4.78 is 7.26. The van der Waals surface area contributed by atoms with Crippen LogP contribution in [0.2, 0.25) is 0 Å². The van der Waals surface area contributed by atoms with Crippen molar-refractivity contribution in [3.05, 3.63) is 59.2 Å². The molecule has 0 amide bonds. The largest absolute Gasteiger partial charge is 0.491 e. The molecule has 3 rings (SSSR count). The van der Waals surface area contributed by atoms with Crippen LogP contribution in [0.3, 0.4) is 0 Å². The van der Waals surface area contributed by atoms with Gasteiger partial charge in [0.05, 0.1) is 6.54 Å². The van der Waals surface area contributed by atoms with Gasteiger partial charge in [-0.2, -0.15) is 0 Å². The van der Waals surface area contributed by atoms with E-state index >= 15 is 0 Å². The Morgan fingerprint density at radius 1 is 1.33 bits per heavy atom. The summed E-state index contributed by atoms with van der Waals surface area (Å²) in [6, 6.07) is 10.7. The van der Waals surface area contributed by atoms with Crippen LogP contribution >= 0.6 is 0 Å². The Hall–Kier alpha value is -2.40. The number of ether oxygens (including phenoxy) is 1. The Morgan fingerprint density at radius 3 is 2.67 bits per heavy atom. The van der Waals surface area contributed by atoms with Crippen molar-refractivity contribution in [1.29, 1.82) is 5.41 Å².